The maximum atomic E-state index is 13.1. The van der Waals surface area contributed by atoms with E-state index in [1.807, 2.05) is 12.1 Å². The Labute approximate surface area is 187 Å². The summed E-state index contributed by atoms with van der Waals surface area (Å²) in [7, 11) is 1.62. The highest BCUT2D eigenvalue weighted by Crippen LogP contribution is 2.49. The van der Waals surface area contributed by atoms with Crippen LogP contribution in [-0.4, -0.2) is 48.1 Å². The van der Waals surface area contributed by atoms with Gasteiger partial charge in [0.05, 0.1) is 18.6 Å². The number of aromatic hydroxyl groups is 1. The average molecular weight is 437 g/mol. The number of piperidine rings is 1. The van der Waals surface area contributed by atoms with Crippen LogP contribution in [0.25, 0.3) is 0 Å². The lowest BCUT2D eigenvalue weighted by Crippen LogP contribution is -2.48. The van der Waals surface area contributed by atoms with Crippen molar-refractivity contribution in [2.45, 2.75) is 50.0 Å². The molecule has 0 aromatic heterocycles. The Hall–Kier alpha value is -3.22. The number of likely N-dealkylation sites (tertiary alicyclic amines) is 1. The number of fused-ring (bicyclic) bond motifs is 2. The normalized spacial score (nSPS) is 19.7. The topological polar surface area (TPSA) is 88.1 Å². The van der Waals surface area contributed by atoms with Crippen molar-refractivity contribution in [2.75, 3.05) is 25.5 Å². The lowest BCUT2D eigenvalue weighted by molar-refractivity contribution is -0.122. The zero-order valence-electron chi connectivity index (χ0n) is 18.2. The number of rotatable bonds is 4. The van der Waals surface area contributed by atoms with Crippen molar-refractivity contribution < 1.29 is 24.2 Å². The minimum Gasteiger partial charge on any atom is -0.508 e. The molecular weight excluding hydrogens is 408 g/mol. The van der Waals surface area contributed by atoms with Gasteiger partial charge in [-0.25, -0.2) is 0 Å². The number of phenolic OH excluding ortho intramolecular Hbond substituents is 1. The van der Waals surface area contributed by atoms with Gasteiger partial charge < -0.3 is 24.8 Å². The molecule has 7 nitrogen and oxygen atoms in total. The van der Waals surface area contributed by atoms with Crippen LogP contribution in [0.15, 0.2) is 36.4 Å². The number of ether oxygens (including phenoxy) is 2. The van der Waals surface area contributed by atoms with Crippen LogP contribution in [0, 0.1) is 0 Å². The molecule has 0 unspecified atom stereocenters. The number of phenols is 1. The van der Waals surface area contributed by atoms with Crippen molar-refractivity contribution in [1.29, 1.82) is 0 Å². The van der Waals surface area contributed by atoms with Crippen LogP contribution < -0.4 is 14.8 Å². The van der Waals surface area contributed by atoms with E-state index >= 15 is 0 Å². The highest BCUT2D eigenvalue weighted by molar-refractivity contribution is 6.07. The first-order valence-corrected chi connectivity index (χ1v) is 11.3. The lowest BCUT2D eigenvalue weighted by atomic mass is 9.73. The molecule has 0 bridgehead atoms. The standard InChI is InChI=1S/C25H28N2O5/c1-31-21-14-19-20(15-22(21)32-18-7-2-3-8-18)26-24(30)25(19)9-11-27(12-10-25)23(29)16-5-4-6-17(28)13-16/h4-6,13-15,18,28H,2-3,7-12H2,1H3,(H,26,30). The number of nitrogens with zero attached hydrogens (tertiary/aromatic N) is 1. The Morgan fingerprint density at radius 1 is 1.12 bits per heavy atom. The van der Waals surface area contributed by atoms with Gasteiger partial charge in [0, 0.05) is 30.4 Å². The van der Waals surface area contributed by atoms with Gasteiger partial charge in [-0.15, -0.1) is 0 Å². The first-order chi connectivity index (χ1) is 15.5. The third-order valence-corrected chi connectivity index (χ3v) is 7.10. The number of hydrogen-bond acceptors (Lipinski definition) is 5. The summed E-state index contributed by atoms with van der Waals surface area (Å²) >= 11 is 0. The Morgan fingerprint density at radius 2 is 1.88 bits per heavy atom. The van der Waals surface area contributed by atoms with Crippen LogP contribution in [0.2, 0.25) is 0 Å². The van der Waals surface area contributed by atoms with Gasteiger partial charge in [-0.2, -0.15) is 0 Å². The van der Waals surface area contributed by atoms with E-state index in [1.54, 1.807) is 30.2 Å². The van der Waals surface area contributed by atoms with Crippen LogP contribution in [0.3, 0.4) is 0 Å². The van der Waals surface area contributed by atoms with Crippen molar-refractivity contribution in [1.82, 2.24) is 4.90 Å². The number of benzene rings is 2. The van der Waals surface area contributed by atoms with Gasteiger partial charge in [0.1, 0.15) is 5.75 Å². The van der Waals surface area contributed by atoms with Crippen molar-refractivity contribution in [2.24, 2.45) is 0 Å². The second kappa shape index (κ2) is 8.04. The molecule has 2 aromatic rings. The van der Waals surface area contributed by atoms with Crippen LogP contribution in [0.4, 0.5) is 5.69 Å². The Bertz CT molecular complexity index is 1050. The minimum atomic E-state index is -0.676. The molecule has 1 saturated carbocycles. The second-order valence-corrected chi connectivity index (χ2v) is 8.95. The molecule has 2 fully saturated rings. The summed E-state index contributed by atoms with van der Waals surface area (Å²) in [4.78, 5) is 27.7. The van der Waals surface area contributed by atoms with E-state index in [0.29, 0.717) is 43.0 Å². The van der Waals surface area contributed by atoms with E-state index in [-0.39, 0.29) is 23.7 Å². The molecular formula is C25H28N2O5. The molecule has 32 heavy (non-hydrogen) atoms. The van der Waals surface area contributed by atoms with E-state index in [1.165, 1.54) is 18.9 Å². The maximum Gasteiger partial charge on any atom is 0.253 e. The van der Waals surface area contributed by atoms with Crippen LogP contribution >= 0.6 is 0 Å². The number of carbonyl (C=O) groups excluding carboxylic acids is 2. The SMILES string of the molecule is COc1cc2c(cc1OC1CCCC1)NC(=O)C21CCN(C(=O)c2cccc(O)c2)CC1. The average Bonchev–Trinajstić information content (AvgIpc) is 3.40. The first-order valence-electron chi connectivity index (χ1n) is 11.3. The molecule has 168 valence electrons. The van der Waals surface area contributed by atoms with Crippen LogP contribution in [0.5, 0.6) is 17.2 Å². The molecule has 1 aliphatic carbocycles. The zero-order valence-corrected chi connectivity index (χ0v) is 18.2. The molecule has 0 atom stereocenters. The number of carbonyl (C=O) groups is 2. The molecule has 5 rings (SSSR count). The van der Waals surface area contributed by atoms with Gasteiger partial charge in [0.2, 0.25) is 5.91 Å². The summed E-state index contributed by atoms with van der Waals surface area (Å²) in [5.41, 5.74) is 1.47. The van der Waals surface area contributed by atoms with E-state index in [4.69, 9.17) is 9.47 Å². The third-order valence-electron chi connectivity index (χ3n) is 7.10. The third kappa shape index (κ3) is 3.45. The fourth-order valence-corrected chi connectivity index (χ4v) is 5.27. The van der Waals surface area contributed by atoms with Crippen molar-refractivity contribution in [3.05, 3.63) is 47.5 Å². The van der Waals surface area contributed by atoms with Gasteiger partial charge in [-0.1, -0.05) is 6.07 Å². The van der Waals surface area contributed by atoms with Crippen LogP contribution in [-0.2, 0) is 10.2 Å². The summed E-state index contributed by atoms with van der Waals surface area (Å²) in [6.45, 7) is 0.925. The molecule has 3 aliphatic rings. The maximum absolute atomic E-state index is 13.1. The van der Waals surface area contributed by atoms with Crippen molar-refractivity contribution in [3.63, 3.8) is 0 Å². The highest BCUT2D eigenvalue weighted by Gasteiger charge is 2.49. The number of anilines is 1. The summed E-state index contributed by atoms with van der Waals surface area (Å²) in [6.07, 6.45) is 5.69. The zero-order chi connectivity index (χ0) is 22.3. The molecule has 2 heterocycles. The fraction of sp³-hybridized carbons (Fsp3) is 0.440. The molecule has 2 N–H and O–H groups in total. The quantitative estimate of drug-likeness (QED) is 0.760. The smallest absolute Gasteiger partial charge is 0.253 e. The summed E-state index contributed by atoms with van der Waals surface area (Å²) in [5.74, 6) is 1.22. The minimum absolute atomic E-state index is 0.0305. The van der Waals surface area contributed by atoms with Gasteiger partial charge in [0.15, 0.2) is 11.5 Å². The van der Waals surface area contributed by atoms with Crippen LogP contribution in [0.1, 0.15) is 54.4 Å². The van der Waals surface area contributed by atoms with Gasteiger partial charge >= 0.3 is 0 Å². The van der Waals surface area contributed by atoms with E-state index < -0.39 is 5.41 Å². The van der Waals surface area contributed by atoms with Crippen molar-refractivity contribution in [3.8, 4) is 17.2 Å². The molecule has 7 heteroatoms. The molecule has 2 aromatic carbocycles. The molecule has 0 radical (unpaired) electrons. The predicted octanol–water partition coefficient (Wildman–Crippen LogP) is 3.85. The molecule has 2 aliphatic heterocycles. The predicted molar refractivity (Wildman–Crippen MR) is 119 cm³/mol. The molecule has 1 spiro atoms. The number of hydrogen-bond donors (Lipinski definition) is 2. The fourth-order valence-electron chi connectivity index (χ4n) is 5.27. The summed E-state index contributed by atoms with van der Waals surface area (Å²) < 4.78 is 11.8. The van der Waals surface area contributed by atoms with Gasteiger partial charge in [-0.05, 0) is 68.4 Å². The van der Waals surface area contributed by atoms with Gasteiger partial charge in [-0.3, -0.25) is 9.59 Å². The molecule has 2 amide bonds. The largest absolute Gasteiger partial charge is 0.508 e. The Balaban J connectivity index is 1.37. The monoisotopic (exact) mass is 436 g/mol. The second-order valence-electron chi connectivity index (χ2n) is 8.95. The number of methoxy groups -OCH3 is 1. The van der Waals surface area contributed by atoms with E-state index in [2.05, 4.69) is 5.32 Å². The number of nitrogens with one attached hydrogen (secondary N) is 1. The molecule has 1 saturated heterocycles. The summed E-state index contributed by atoms with van der Waals surface area (Å²) in [5, 5.41) is 12.7. The highest BCUT2D eigenvalue weighted by atomic mass is 16.5. The first kappa shape index (κ1) is 20.7. The van der Waals surface area contributed by atoms with Gasteiger partial charge in [0.25, 0.3) is 5.91 Å². The van der Waals surface area contributed by atoms with E-state index in [9.17, 15) is 14.7 Å². The Kier molecular flexibility index (Phi) is 5.19. The lowest BCUT2D eigenvalue weighted by Gasteiger charge is -2.38. The summed E-state index contributed by atoms with van der Waals surface area (Å²) in [6, 6.07) is 10.2. The Morgan fingerprint density at radius 3 is 2.56 bits per heavy atom. The van der Waals surface area contributed by atoms with E-state index in [0.717, 1.165) is 24.1 Å². The number of amides is 2. The van der Waals surface area contributed by atoms with Crippen molar-refractivity contribution >= 4 is 17.5 Å².